The maximum atomic E-state index is 12.0. The molecule has 5 heteroatoms. The summed E-state index contributed by atoms with van der Waals surface area (Å²) >= 11 is 0. The number of aliphatic carboxylic acids is 1. The molecule has 1 saturated heterocycles. The molecule has 0 aromatic rings. The molecule has 0 aliphatic carbocycles. The average Bonchev–Trinajstić information content (AvgIpc) is 2.43. The number of piperidine rings is 1. The van der Waals surface area contributed by atoms with Crippen molar-refractivity contribution in [2.45, 2.75) is 39.5 Å². The molecule has 0 saturated carbocycles. The molecule has 1 aliphatic rings. The number of hydrogen-bond acceptors (Lipinski definition) is 2. The quantitative estimate of drug-likeness (QED) is 0.597. The van der Waals surface area contributed by atoms with Crippen LogP contribution in [0.15, 0.2) is 0 Å². The smallest absolute Gasteiger partial charge is 0.317 e. The molecule has 1 heterocycles. The molecule has 0 spiro atoms. The lowest BCUT2D eigenvalue weighted by Gasteiger charge is -2.39. The number of rotatable bonds is 5. The number of nitrogens with one attached hydrogen (secondary N) is 1. The lowest BCUT2D eigenvalue weighted by atomic mass is 9.74. The Kier molecular flexibility index (Phi) is 5.87. The summed E-state index contributed by atoms with van der Waals surface area (Å²) in [6, 6.07) is -0.118. The van der Waals surface area contributed by atoms with Gasteiger partial charge >= 0.3 is 12.0 Å². The first-order valence-corrected chi connectivity index (χ1v) is 7.09. The van der Waals surface area contributed by atoms with E-state index in [2.05, 4.69) is 11.2 Å². The van der Waals surface area contributed by atoms with Crippen LogP contribution in [0.2, 0.25) is 0 Å². The molecule has 1 unspecified atom stereocenters. The molecule has 0 aromatic heterocycles. The van der Waals surface area contributed by atoms with Gasteiger partial charge in [-0.25, -0.2) is 4.79 Å². The minimum atomic E-state index is -0.807. The molecule has 20 heavy (non-hydrogen) atoms. The zero-order valence-corrected chi connectivity index (χ0v) is 12.3. The molecule has 0 radical (unpaired) electrons. The fraction of sp³-hybridized carbons (Fsp3) is 0.733. The largest absolute Gasteiger partial charge is 0.481 e. The predicted octanol–water partition coefficient (Wildman–Crippen LogP) is 1.93. The molecule has 2 amide bonds. The number of carbonyl (C=O) groups excluding carboxylic acids is 1. The van der Waals surface area contributed by atoms with Crippen molar-refractivity contribution in [3.8, 4) is 12.3 Å². The third-order valence-corrected chi connectivity index (χ3v) is 4.05. The van der Waals surface area contributed by atoms with Gasteiger partial charge in [0.1, 0.15) is 0 Å². The highest BCUT2D eigenvalue weighted by Gasteiger charge is 2.39. The zero-order valence-electron chi connectivity index (χ0n) is 12.3. The number of hydrogen-bond donors (Lipinski definition) is 2. The van der Waals surface area contributed by atoms with Gasteiger partial charge in [0.05, 0.1) is 5.41 Å². The van der Waals surface area contributed by atoms with E-state index in [1.54, 1.807) is 18.7 Å². The Bertz CT molecular complexity index is 398. The molecule has 112 valence electrons. The Balaban J connectivity index is 2.50. The van der Waals surface area contributed by atoms with Crippen LogP contribution in [0, 0.1) is 23.7 Å². The van der Waals surface area contributed by atoms with Gasteiger partial charge < -0.3 is 15.3 Å². The summed E-state index contributed by atoms with van der Waals surface area (Å²) in [5.74, 6) is 1.71. The van der Waals surface area contributed by atoms with Crippen LogP contribution >= 0.6 is 0 Å². The van der Waals surface area contributed by atoms with Gasteiger partial charge in [-0.3, -0.25) is 4.79 Å². The van der Waals surface area contributed by atoms with Gasteiger partial charge in [0.25, 0.3) is 0 Å². The topological polar surface area (TPSA) is 69.6 Å². The summed E-state index contributed by atoms with van der Waals surface area (Å²) in [5.41, 5.74) is -0.803. The second-order valence-corrected chi connectivity index (χ2v) is 5.85. The van der Waals surface area contributed by atoms with E-state index >= 15 is 0 Å². The Morgan fingerprint density at radius 2 is 2.20 bits per heavy atom. The minimum absolute atomic E-state index is 0.00907. The molecule has 1 atom stereocenters. The van der Waals surface area contributed by atoms with E-state index in [1.807, 2.05) is 0 Å². The van der Waals surface area contributed by atoms with Crippen molar-refractivity contribution in [2.24, 2.45) is 11.3 Å². The van der Waals surface area contributed by atoms with E-state index in [0.717, 1.165) is 19.3 Å². The number of carbonyl (C=O) groups is 2. The summed E-state index contributed by atoms with van der Waals surface area (Å²) in [6.45, 7) is 5.21. The molecule has 5 nitrogen and oxygen atoms in total. The average molecular weight is 280 g/mol. The van der Waals surface area contributed by atoms with Crippen LogP contribution < -0.4 is 5.32 Å². The number of amides is 2. The van der Waals surface area contributed by atoms with Crippen LogP contribution in [-0.4, -0.2) is 41.6 Å². The van der Waals surface area contributed by atoms with E-state index < -0.39 is 11.4 Å². The highest BCUT2D eigenvalue weighted by molar-refractivity contribution is 5.76. The Morgan fingerprint density at radius 1 is 1.50 bits per heavy atom. The third-order valence-electron chi connectivity index (χ3n) is 4.05. The van der Waals surface area contributed by atoms with E-state index in [4.69, 9.17) is 6.42 Å². The van der Waals surface area contributed by atoms with E-state index in [9.17, 15) is 14.7 Å². The number of unbranched alkanes of at least 4 members (excludes halogenated alkanes) is 1. The summed E-state index contributed by atoms with van der Waals surface area (Å²) in [5, 5.41) is 12.1. The van der Waals surface area contributed by atoms with Crippen molar-refractivity contribution in [1.82, 2.24) is 10.2 Å². The normalized spacial score (nSPS) is 19.2. The monoisotopic (exact) mass is 280 g/mol. The van der Waals surface area contributed by atoms with Crippen molar-refractivity contribution in [3.63, 3.8) is 0 Å². The van der Waals surface area contributed by atoms with Crippen LogP contribution in [0.1, 0.15) is 39.5 Å². The summed E-state index contributed by atoms with van der Waals surface area (Å²) in [7, 11) is 0. The zero-order chi connectivity index (χ0) is 15.2. The molecule has 1 fully saturated rings. The van der Waals surface area contributed by atoms with Gasteiger partial charge in [0.15, 0.2) is 0 Å². The molecule has 2 N–H and O–H groups in total. The molecular formula is C15H24N2O3. The number of carboxylic acid groups (broad SMARTS) is 1. The Labute approximate surface area is 120 Å². The number of carboxylic acids is 1. The second kappa shape index (κ2) is 7.18. The van der Waals surface area contributed by atoms with Crippen molar-refractivity contribution >= 4 is 12.0 Å². The fourth-order valence-electron chi connectivity index (χ4n) is 2.42. The molecule has 0 bridgehead atoms. The first kappa shape index (κ1) is 16.4. The van der Waals surface area contributed by atoms with Crippen molar-refractivity contribution in [3.05, 3.63) is 0 Å². The van der Waals surface area contributed by atoms with Gasteiger partial charge in [-0.15, -0.1) is 12.3 Å². The maximum Gasteiger partial charge on any atom is 0.317 e. The first-order chi connectivity index (χ1) is 9.39. The summed E-state index contributed by atoms with van der Waals surface area (Å²) < 4.78 is 0. The lowest BCUT2D eigenvalue weighted by molar-refractivity contribution is -0.151. The fourth-order valence-corrected chi connectivity index (χ4v) is 2.42. The maximum absolute atomic E-state index is 12.0. The van der Waals surface area contributed by atoms with Gasteiger partial charge in [0.2, 0.25) is 0 Å². The van der Waals surface area contributed by atoms with E-state index in [-0.39, 0.29) is 11.9 Å². The summed E-state index contributed by atoms with van der Waals surface area (Å²) in [4.78, 5) is 25.0. The van der Waals surface area contributed by atoms with Gasteiger partial charge in [-0.05, 0) is 39.0 Å². The van der Waals surface area contributed by atoms with Crippen LogP contribution in [0.3, 0.4) is 0 Å². The summed E-state index contributed by atoms with van der Waals surface area (Å²) in [6.07, 6.45) is 8.26. The standard InChI is InChI=1S/C15H24N2O3/c1-4-5-6-9-16-14(20)17-10-7-8-12(11-17)15(2,3)13(18)19/h1,12H,5-11H2,2-3H3,(H,16,20)(H,18,19). The van der Waals surface area contributed by atoms with Crippen molar-refractivity contribution in [1.29, 1.82) is 0 Å². The van der Waals surface area contributed by atoms with Crippen molar-refractivity contribution in [2.75, 3.05) is 19.6 Å². The van der Waals surface area contributed by atoms with Gasteiger partial charge in [-0.2, -0.15) is 0 Å². The van der Waals surface area contributed by atoms with Crippen LogP contribution in [0.25, 0.3) is 0 Å². The van der Waals surface area contributed by atoms with Gasteiger partial charge in [-0.1, -0.05) is 0 Å². The van der Waals surface area contributed by atoms with Crippen molar-refractivity contribution < 1.29 is 14.7 Å². The molecule has 1 rings (SSSR count). The van der Waals surface area contributed by atoms with E-state index in [0.29, 0.717) is 26.1 Å². The van der Waals surface area contributed by atoms with Gasteiger partial charge in [0, 0.05) is 26.1 Å². The third kappa shape index (κ3) is 4.16. The first-order valence-electron chi connectivity index (χ1n) is 7.09. The highest BCUT2D eigenvalue weighted by Crippen LogP contribution is 2.34. The SMILES string of the molecule is C#CCCCNC(=O)N1CCCC(C(C)(C)C(=O)O)C1. The lowest BCUT2D eigenvalue weighted by Crippen LogP contribution is -2.50. The Morgan fingerprint density at radius 3 is 2.80 bits per heavy atom. The second-order valence-electron chi connectivity index (χ2n) is 5.85. The number of urea groups is 1. The number of likely N-dealkylation sites (tertiary alicyclic amines) is 1. The number of terminal acetylenes is 1. The van der Waals surface area contributed by atoms with E-state index in [1.165, 1.54) is 0 Å². The predicted molar refractivity (Wildman–Crippen MR) is 77.2 cm³/mol. The number of nitrogens with zero attached hydrogens (tertiary/aromatic N) is 1. The minimum Gasteiger partial charge on any atom is -0.481 e. The van der Waals surface area contributed by atoms with Crippen LogP contribution in [0.5, 0.6) is 0 Å². The molecule has 1 aliphatic heterocycles. The van der Waals surface area contributed by atoms with Crippen LogP contribution in [0.4, 0.5) is 4.79 Å². The molecular weight excluding hydrogens is 256 g/mol. The highest BCUT2D eigenvalue weighted by atomic mass is 16.4. The van der Waals surface area contributed by atoms with Crippen LogP contribution in [-0.2, 0) is 4.79 Å². The molecule has 0 aromatic carbocycles. The Hall–Kier alpha value is -1.70.